The van der Waals surface area contributed by atoms with Gasteiger partial charge in [0.05, 0.1) is 12.3 Å². The average molecular weight is 710 g/mol. The summed E-state index contributed by atoms with van der Waals surface area (Å²) >= 11 is 2.42. The van der Waals surface area contributed by atoms with Crippen LogP contribution in [0.25, 0.3) is 11.3 Å². The minimum Gasteiger partial charge on any atom is -0.488 e. The maximum atomic E-state index is 9.47. The molecule has 3 aromatic rings. The van der Waals surface area contributed by atoms with Gasteiger partial charge in [0.1, 0.15) is 12.4 Å². The lowest BCUT2D eigenvalue weighted by molar-refractivity contribution is -0.128. The monoisotopic (exact) mass is 709 g/mol. The van der Waals surface area contributed by atoms with Crippen LogP contribution in [0.15, 0.2) is 35.7 Å². The number of hydrogen-bond acceptors (Lipinski definition) is 7. The molecule has 42 heavy (non-hydrogen) atoms. The zero-order chi connectivity index (χ0) is 30.5. The summed E-state index contributed by atoms with van der Waals surface area (Å²) in [6.07, 6.45) is 4.96. The molecule has 3 heterocycles. The molecule has 2 aliphatic heterocycles. The Labute approximate surface area is 269 Å². The van der Waals surface area contributed by atoms with Gasteiger partial charge in [-0.15, -0.1) is 11.3 Å². The van der Waals surface area contributed by atoms with Gasteiger partial charge in [0.15, 0.2) is 28.3 Å². The first-order valence-corrected chi connectivity index (χ1v) is 16.7. The van der Waals surface area contributed by atoms with Crippen LogP contribution in [0.4, 0.5) is 7.99 Å². The molecule has 9 heteroatoms. The van der Waals surface area contributed by atoms with Gasteiger partial charge < -0.3 is 19.7 Å². The quantitative estimate of drug-likeness (QED) is 0.198. The summed E-state index contributed by atoms with van der Waals surface area (Å²) in [4.78, 5) is 16.7. The van der Waals surface area contributed by atoms with Crippen molar-refractivity contribution >= 4 is 46.1 Å². The molecule has 2 unspecified atom stereocenters. The van der Waals surface area contributed by atoms with Crippen LogP contribution in [-0.2, 0) is 29.0 Å². The molecule has 1 saturated heterocycles. The molecule has 230 valence electrons. The summed E-state index contributed by atoms with van der Waals surface area (Å²) in [5, 5.41) is 6.89. The Hall–Kier alpha value is -2.24. The maximum Gasteiger partial charge on any atom is 0.293 e. The van der Waals surface area contributed by atoms with Crippen molar-refractivity contribution in [2.45, 2.75) is 66.9 Å². The molecule has 0 spiro atoms. The van der Waals surface area contributed by atoms with E-state index >= 15 is 0 Å². The Balaban J connectivity index is 0.000000482. The number of benzene rings is 2. The van der Waals surface area contributed by atoms with Gasteiger partial charge >= 0.3 is 0 Å². The lowest BCUT2D eigenvalue weighted by atomic mass is 9.94. The number of ether oxygens (including phenoxy) is 2. The van der Waals surface area contributed by atoms with E-state index in [1.807, 2.05) is 13.8 Å². The molecule has 2 aromatic carbocycles. The molecule has 1 N–H and O–H groups in total. The predicted molar refractivity (Wildman–Crippen MR) is 181 cm³/mol. The second kappa shape index (κ2) is 17.8. The van der Waals surface area contributed by atoms with Crippen molar-refractivity contribution in [2.24, 2.45) is 11.8 Å². The number of nitrogens with zero attached hydrogens (tertiary/aromatic N) is 2. The van der Waals surface area contributed by atoms with Crippen molar-refractivity contribution < 1.29 is 17.1 Å². The molecule has 1 saturated carbocycles. The predicted octanol–water partition coefficient (Wildman–Crippen LogP) is 8.05. The molecule has 3 aliphatic rings. The van der Waals surface area contributed by atoms with Crippen molar-refractivity contribution in [3.05, 3.63) is 63.5 Å². The zero-order valence-corrected chi connectivity index (χ0v) is 28.5. The van der Waals surface area contributed by atoms with Gasteiger partial charge in [-0.1, -0.05) is 37.6 Å². The zero-order valence-electron chi connectivity index (χ0n) is 25.6. The summed E-state index contributed by atoms with van der Waals surface area (Å²) < 4.78 is 20.1. The molecular weight excluding hydrogens is 664 g/mol. The Bertz CT molecular complexity index is 1270. The first-order valence-electron chi connectivity index (χ1n) is 15.0. The number of halogens is 2. The highest BCUT2D eigenvalue weighted by Gasteiger charge is 2.42. The third-order valence-corrected chi connectivity index (χ3v) is 8.92. The number of rotatable bonds is 7. The van der Waals surface area contributed by atoms with Crippen LogP contribution in [0.3, 0.4) is 0 Å². The van der Waals surface area contributed by atoms with Crippen LogP contribution < -0.4 is 15.0 Å². The first-order chi connectivity index (χ1) is 20.6. The molecule has 6 rings (SSSR count). The van der Waals surface area contributed by atoms with Gasteiger partial charge in [-0.25, -0.2) is 4.98 Å². The van der Waals surface area contributed by atoms with Crippen LogP contribution in [0.5, 0.6) is 5.75 Å². The van der Waals surface area contributed by atoms with Gasteiger partial charge in [0.25, 0.3) is 6.47 Å². The molecule has 0 amide bonds. The van der Waals surface area contributed by atoms with E-state index in [9.17, 15) is 7.65 Å². The number of aryl methyl sites for hydroxylation is 1. The molecular formula is C33H45FIN3O3S. The number of aromatic nitrogens is 1. The van der Waals surface area contributed by atoms with Crippen LogP contribution in [-0.4, -0.2) is 44.2 Å². The fourth-order valence-electron chi connectivity index (χ4n) is 5.65. The maximum absolute atomic E-state index is 9.47. The van der Waals surface area contributed by atoms with E-state index in [4.69, 9.17) is 9.72 Å². The Kier molecular flexibility index (Phi) is 14.5. The number of fused-ring (bicyclic) bond motifs is 2. The fraction of sp³-hybridized carbons (Fsp3) is 0.515. The largest absolute Gasteiger partial charge is 0.488 e. The van der Waals surface area contributed by atoms with Crippen LogP contribution in [0, 0.1) is 25.7 Å². The topological polar surface area (TPSA) is 63.7 Å². The Morgan fingerprint density at radius 2 is 1.93 bits per heavy atom. The summed E-state index contributed by atoms with van der Waals surface area (Å²) in [6.45, 7) is 16.1. The van der Waals surface area contributed by atoms with Crippen LogP contribution >= 0.6 is 34.5 Å². The highest BCUT2D eigenvalue weighted by molar-refractivity contribution is 14.1. The summed E-state index contributed by atoms with van der Waals surface area (Å²) in [7, 11) is 0. The summed E-state index contributed by atoms with van der Waals surface area (Å²) in [5.41, 5.74) is 9.06. The van der Waals surface area contributed by atoms with Crippen molar-refractivity contribution in [1.29, 1.82) is 0 Å². The molecule has 1 aliphatic carbocycles. The van der Waals surface area contributed by atoms with Gasteiger partial charge in [0.2, 0.25) is 0 Å². The van der Waals surface area contributed by atoms with E-state index in [1.54, 1.807) is 18.3 Å². The van der Waals surface area contributed by atoms with Gasteiger partial charge in [-0.3, -0.25) is 4.79 Å². The molecule has 0 bridgehead atoms. The summed E-state index contributed by atoms with van der Waals surface area (Å²) in [5.74, 6) is 2.82. The van der Waals surface area contributed by atoms with Crippen molar-refractivity contribution in [2.75, 3.05) is 37.7 Å². The standard InChI is InChI=1S/C28H33N3OS.C3H6O2.C2H6.FI/c1-18-3-6-27(32-16-22-5-4-20-7-10-29-11-8-24(20)19(22)2)25(13-18)26-17-33-28(30-26)31-12-9-21-14-23(21)15-31;1-2-5-3-4;2*1-2/h3-6,13,17,21,23,29H,7-12,14-16H2,1-2H3;3H,2H2,1H3;1-2H3;. The van der Waals surface area contributed by atoms with E-state index in [0.29, 0.717) is 42.9 Å². The number of hydrogen-bond donors (Lipinski definition) is 1. The minimum absolute atomic E-state index is 0.431. The normalized spacial score (nSPS) is 18.2. The second-order valence-corrected chi connectivity index (χ2v) is 11.4. The first kappa shape index (κ1) is 34.3. The molecule has 1 aromatic heterocycles. The second-order valence-electron chi connectivity index (χ2n) is 10.6. The van der Waals surface area contributed by atoms with E-state index < -0.39 is 0 Å². The van der Waals surface area contributed by atoms with Gasteiger partial charge in [-0.05, 0) is 106 Å². The van der Waals surface area contributed by atoms with Gasteiger partial charge in [-0.2, -0.15) is 2.86 Å². The number of thiazole rings is 1. The van der Waals surface area contributed by atoms with E-state index in [0.717, 1.165) is 66.5 Å². The number of carbonyl (C=O) groups excluding carboxylic acids is 1. The number of nitrogens with one attached hydrogen (secondary N) is 1. The number of anilines is 1. The third kappa shape index (κ3) is 9.13. The Morgan fingerprint density at radius 1 is 1.14 bits per heavy atom. The van der Waals surface area contributed by atoms with Crippen molar-refractivity contribution in [3.8, 4) is 17.0 Å². The SMILES string of the molecule is CC.CCOC=O.Cc1ccc(OCc2ccc3c(c2C)CCNCC3)c(-c2csc(N3CCC4CC4C3)n2)c1.FI. The van der Waals surface area contributed by atoms with E-state index in [1.165, 1.54) is 47.2 Å². The van der Waals surface area contributed by atoms with Crippen molar-refractivity contribution in [3.63, 3.8) is 0 Å². The average Bonchev–Trinajstić information content (AvgIpc) is 3.72. The van der Waals surface area contributed by atoms with Crippen molar-refractivity contribution in [1.82, 2.24) is 10.3 Å². The number of piperidine rings is 1. The third-order valence-electron chi connectivity index (χ3n) is 8.02. The number of carbonyl (C=O) groups is 1. The van der Waals surface area contributed by atoms with Gasteiger partial charge in [0, 0.05) is 24.0 Å². The Morgan fingerprint density at radius 3 is 2.64 bits per heavy atom. The summed E-state index contributed by atoms with van der Waals surface area (Å²) in [6, 6.07) is 11.0. The lowest BCUT2D eigenvalue weighted by Crippen LogP contribution is -2.31. The molecule has 2 fully saturated rings. The fourth-order valence-corrected chi connectivity index (χ4v) is 6.51. The molecule has 2 atom stereocenters. The van der Waals surface area contributed by atoms with Crippen LogP contribution in [0.1, 0.15) is 61.4 Å². The highest BCUT2D eigenvalue weighted by Crippen LogP contribution is 2.46. The van der Waals surface area contributed by atoms with E-state index in [-0.39, 0.29) is 0 Å². The highest BCUT2D eigenvalue weighted by atomic mass is 127. The lowest BCUT2D eigenvalue weighted by Gasteiger charge is -2.25. The van der Waals surface area contributed by atoms with Crippen LogP contribution in [0.2, 0.25) is 0 Å². The molecule has 6 nitrogen and oxygen atoms in total. The van der Waals surface area contributed by atoms with E-state index in [2.05, 4.69) is 64.5 Å². The minimum atomic E-state index is 0.431. The smallest absolute Gasteiger partial charge is 0.293 e. The molecule has 0 radical (unpaired) electrons.